The van der Waals surface area contributed by atoms with Gasteiger partial charge in [-0.2, -0.15) is 13.2 Å². The molecule has 0 aliphatic heterocycles. The van der Waals surface area contributed by atoms with Gasteiger partial charge in [-0.25, -0.2) is 12.8 Å². The molecule has 1 rings (SSSR count). The Balaban J connectivity index is 2.66. The monoisotopic (exact) mass is 273 g/mol. The summed E-state index contributed by atoms with van der Waals surface area (Å²) in [6.07, 6.45) is -4.65. The number of rotatable bonds is 4. The van der Waals surface area contributed by atoms with E-state index in [9.17, 15) is 26.0 Å². The Morgan fingerprint density at radius 2 is 1.71 bits per heavy atom. The molecule has 0 aromatic heterocycles. The molecule has 1 aromatic rings. The van der Waals surface area contributed by atoms with E-state index >= 15 is 0 Å². The SMILES string of the molecule is O=S(=O)(NOCC(F)(F)F)c1ccc(F)cc1. The average Bonchev–Trinajstić information content (AvgIpc) is 2.15. The van der Waals surface area contributed by atoms with E-state index < -0.39 is 33.5 Å². The maximum absolute atomic E-state index is 12.5. The van der Waals surface area contributed by atoms with Crippen molar-refractivity contribution < 1.29 is 30.8 Å². The van der Waals surface area contributed by atoms with Crippen LogP contribution in [0.1, 0.15) is 0 Å². The first-order valence-electron chi connectivity index (χ1n) is 4.17. The second kappa shape index (κ2) is 4.98. The fourth-order valence-electron chi connectivity index (χ4n) is 0.851. The number of benzene rings is 1. The lowest BCUT2D eigenvalue weighted by molar-refractivity contribution is -0.181. The van der Waals surface area contributed by atoms with Gasteiger partial charge < -0.3 is 0 Å². The first kappa shape index (κ1) is 13.9. The summed E-state index contributed by atoms with van der Waals surface area (Å²) >= 11 is 0. The third kappa shape index (κ3) is 4.67. The topological polar surface area (TPSA) is 55.4 Å². The van der Waals surface area contributed by atoms with E-state index in [2.05, 4.69) is 4.84 Å². The lowest BCUT2D eigenvalue weighted by Crippen LogP contribution is -2.29. The van der Waals surface area contributed by atoms with Gasteiger partial charge in [-0.05, 0) is 24.3 Å². The van der Waals surface area contributed by atoms with Gasteiger partial charge in [0.05, 0.1) is 4.90 Å². The molecular formula is C8H7F4NO3S. The Labute approximate surface area is 94.2 Å². The Morgan fingerprint density at radius 3 is 2.18 bits per heavy atom. The molecule has 4 nitrogen and oxygen atoms in total. The van der Waals surface area contributed by atoms with Crippen molar-refractivity contribution in [3.05, 3.63) is 30.1 Å². The molecule has 0 atom stereocenters. The summed E-state index contributed by atoms with van der Waals surface area (Å²) in [6, 6.07) is 3.51. The molecule has 0 amide bonds. The molecule has 0 saturated heterocycles. The summed E-state index contributed by atoms with van der Waals surface area (Å²) in [5.74, 6) is -0.667. The predicted octanol–water partition coefficient (Wildman–Crippen LogP) is 1.60. The summed E-state index contributed by atoms with van der Waals surface area (Å²) in [4.78, 5) is 4.67. The highest BCUT2D eigenvalue weighted by Gasteiger charge is 2.29. The Hall–Kier alpha value is -1.19. The zero-order valence-electron chi connectivity index (χ0n) is 8.16. The van der Waals surface area contributed by atoms with E-state index in [1.165, 1.54) is 4.89 Å². The van der Waals surface area contributed by atoms with Gasteiger partial charge in [0.25, 0.3) is 10.0 Å². The maximum Gasteiger partial charge on any atom is 0.413 e. The van der Waals surface area contributed by atoms with Crippen molar-refractivity contribution in [2.45, 2.75) is 11.1 Å². The van der Waals surface area contributed by atoms with Gasteiger partial charge in [0.1, 0.15) is 5.82 Å². The van der Waals surface area contributed by atoms with Crippen LogP contribution in [0.25, 0.3) is 0 Å². The van der Waals surface area contributed by atoms with Gasteiger partial charge in [-0.15, -0.1) is 0 Å². The van der Waals surface area contributed by atoms with Crippen molar-refractivity contribution in [2.75, 3.05) is 6.61 Å². The van der Waals surface area contributed by atoms with Gasteiger partial charge in [-0.3, -0.25) is 4.84 Å². The van der Waals surface area contributed by atoms with Gasteiger partial charge in [-0.1, -0.05) is 4.89 Å². The quantitative estimate of drug-likeness (QED) is 0.669. The Morgan fingerprint density at radius 1 is 1.18 bits per heavy atom. The lowest BCUT2D eigenvalue weighted by atomic mass is 10.4. The number of sulfonamides is 1. The molecule has 9 heteroatoms. The van der Waals surface area contributed by atoms with Crippen LogP contribution >= 0.6 is 0 Å². The van der Waals surface area contributed by atoms with Crippen LogP contribution in [0.3, 0.4) is 0 Å². The molecule has 0 aliphatic rings. The van der Waals surface area contributed by atoms with E-state index in [1.807, 2.05) is 0 Å². The minimum atomic E-state index is -4.65. The third-order valence-corrected chi connectivity index (χ3v) is 2.76. The standard InChI is InChI=1S/C8H7F4NO3S/c9-6-1-3-7(4-2-6)17(14,15)13-16-5-8(10,11)12/h1-4,13H,5H2. The zero-order valence-corrected chi connectivity index (χ0v) is 8.98. The highest BCUT2D eigenvalue weighted by Crippen LogP contribution is 2.15. The van der Waals surface area contributed by atoms with Gasteiger partial charge in [0.2, 0.25) is 0 Å². The summed E-state index contributed by atoms with van der Waals surface area (Å²) in [5, 5.41) is 0. The second-order valence-electron chi connectivity index (χ2n) is 2.94. The Kier molecular flexibility index (Phi) is 4.07. The fourth-order valence-corrected chi connectivity index (χ4v) is 1.66. The van der Waals surface area contributed by atoms with Gasteiger partial charge in [0.15, 0.2) is 6.61 Å². The summed E-state index contributed by atoms with van der Waals surface area (Å²) in [5.41, 5.74) is 0. The van der Waals surface area contributed by atoms with E-state index in [-0.39, 0.29) is 0 Å². The molecule has 96 valence electrons. The highest BCUT2D eigenvalue weighted by atomic mass is 32.2. The number of halogens is 4. The second-order valence-corrected chi connectivity index (χ2v) is 4.59. The van der Waals surface area contributed by atoms with Crippen LogP contribution in [-0.4, -0.2) is 21.2 Å². The van der Waals surface area contributed by atoms with Crippen LogP contribution in [0, 0.1) is 5.82 Å². The molecular weight excluding hydrogens is 266 g/mol. The van der Waals surface area contributed by atoms with E-state index in [4.69, 9.17) is 0 Å². The van der Waals surface area contributed by atoms with Crippen molar-refractivity contribution >= 4 is 10.0 Å². The zero-order chi connectivity index (χ0) is 13.1. The van der Waals surface area contributed by atoms with Crippen LogP contribution in [0.5, 0.6) is 0 Å². The summed E-state index contributed by atoms with van der Waals surface area (Å²) in [7, 11) is -4.24. The Bertz CT molecular complexity index is 469. The number of hydrogen-bond acceptors (Lipinski definition) is 3. The number of hydrogen-bond donors (Lipinski definition) is 1. The van der Waals surface area contributed by atoms with Crippen LogP contribution in [-0.2, 0) is 14.9 Å². The van der Waals surface area contributed by atoms with Gasteiger partial charge >= 0.3 is 6.18 Å². The average molecular weight is 273 g/mol. The van der Waals surface area contributed by atoms with E-state index in [0.29, 0.717) is 0 Å². The maximum atomic E-state index is 12.5. The molecule has 0 saturated carbocycles. The van der Waals surface area contributed by atoms with Crippen LogP contribution in [0.2, 0.25) is 0 Å². The predicted molar refractivity (Wildman–Crippen MR) is 48.7 cm³/mol. The van der Waals surface area contributed by atoms with Crippen LogP contribution in [0.15, 0.2) is 29.2 Å². The largest absolute Gasteiger partial charge is 0.413 e. The first-order valence-corrected chi connectivity index (χ1v) is 5.65. The van der Waals surface area contributed by atoms with Crippen molar-refractivity contribution in [3.63, 3.8) is 0 Å². The summed E-state index contributed by atoms with van der Waals surface area (Å²) in [6.45, 7) is -1.76. The highest BCUT2D eigenvalue weighted by molar-refractivity contribution is 7.89. The minimum absolute atomic E-state index is 0.402. The van der Waals surface area contributed by atoms with Crippen molar-refractivity contribution in [1.82, 2.24) is 4.89 Å². The molecule has 0 radical (unpaired) electrons. The van der Waals surface area contributed by atoms with E-state index in [1.54, 1.807) is 0 Å². The molecule has 0 fully saturated rings. The van der Waals surface area contributed by atoms with Crippen LogP contribution in [0.4, 0.5) is 17.6 Å². The van der Waals surface area contributed by atoms with E-state index in [0.717, 1.165) is 24.3 Å². The smallest absolute Gasteiger partial charge is 0.277 e. The van der Waals surface area contributed by atoms with Gasteiger partial charge in [0, 0.05) is 0 Å². The normalized spacial score (nSPS) is 12.7. The van der Waals surface area contributed by atoms with Crippen molar-refractivity contribution in [2.24, 2.45) is 0 Å². The molecule has 0 spiro atoms. The molecule has 0 heterocycles. The fraction of sp³-hybridized carbons (Fsp3) is 0.250. The number of nitrogens with one attached hydrogen (secondary N) is 1. The van der Waals surface area contributed by atoms with Crippen LogP contribution < -0.4 is 4.89 Å². The summed E-state index contributed by atoms with van der Waals surface area (Å²) < 4.78 is 70.1. The molecule has 0 aliphatic carbocycles. The molecule has 0 unspecified atom stereocenters. The molecule has 17 heavy (non-hydrogen) atoms. The lowest BCUT2D eigenvalue weighted by Gasteiger charge is -2.08. The minimum Gasteiger partial charge on any atom is -0.277 e. The molecule has 1 N–H and O–H groups in total. The first-order chi connectivity index (χ1) is 7.71. The molecule has 0 bridgehead atoms. The van der Waals surface area contributed by atoms with Crippen molar-refractivity contribution in [3.8, 4) is 0 Å². The molecule has 1 aromatic carbocycles. The number of alkyl halides is 3. The third-order valence-electron chi connectivity index (χ3n) is 1.53. The van der Waals surface area contributed by atoms with Crippen molar-refractivity contribution in [1.29, 1.82) is 0 Å².